The third-order valence-electron chi connectivity index (χ3n) is 6.69. The fourth-order valence-electron chi connectivity index (χ4n) is 4.62. The van der Waals surface area contributed by atoms with Gasteiger partial charge >= 0.3 is 12.1 Å². The van der Waals surface area contributed by atoms with Crippen molar-refractivity contribution in [1.82, 2.24) is 15.5 Å². The molecule has 0 unspecified atom stereocenters. The first-order valence-electron chi connectivity index (χ1n) is 12.7. The van der Waals surface area contributed by atoms with Gasteiger partial charge in [-0.25, -0.2) is 9.59 Å². The minimum Gasteiger partial charge on any atom is -0.467 e. The van der Waals surface area contributed by atoms with Crippen LogP contribution < -0.4 is 10.6 Å². The summed E-state index contributed by atoms with van der Waals surface area (Å²) in [5.41, 5.74) is 2.32. The first-order valence-corrected chi connectivity index (χ1v) is 13.5. The van der Waals surface area contributed by atoms with Gasteiger partial charge in [-0.3, -0.25) is 4.79 Å². The number of benzene rings is 1. The molecule has 200 valence electrons. The SMILES string of the molecule is COC(=O)NCCCc1cc([C@@H](C)N(C(=O)[C@H]2CNC[C@@H](C(=O)OC)O2)C2CC2)sc1-c1ccccc1. The highest BCUT2D eigenvalue weighted by Crippen LogP contribution is 2.41. The van der Waals surface area contributed by atoms with E-state index in [2.05, 4.69) is 40.5 Å². The Bertz CT molecular complexity index is 1090. The summed E-state index contributed by atoms with van der Waals surface area (Å²) < 4.78 is 15.3. The van der Waals surface area contributed by atoms with Crippen molar-refractivity contribution in [1.29, 1.82) is 0 Å². The summed E-state index contributed by atoms with van der Waals surface area (Å²) in [5.74, 6) is -0.581. The van der Waals surface area contributed by atoms with E-state index in [4.69, 9.17) is 9.47 Å². The van der Waals surface area contributed by atoms with E-state index < -0.39 is 24.3 Å². The van der Waals surface area contributed by atoms with Crippen LogP contribution in [0.4, 0.5) is 4.79 Å². The molecular weight excluding hydrogens is 494 g/mol. The Morgan fingerprint density at radius 2 is 1.86 bits per heavy atom. The van der Waals surface area contributed by atoms with E-state index in [1.807, 2.05) is 23.1 Å². The lowest BCUT2D eigenvalue weighted by atomic mass is 10.0. The lowest BCUT2D eigenvalue weighted by molar-refractivity contribution is -0.168. The molecule has 0 spiro atoms. The summed E-state index contributed by atoms with van der Waals surface area (Å²) in [6.45, 7) is 3.27. The topological polar surface area (TPSA) is 106 Å². The van der Waals surface area contributed by atoms with Crippen molar-refractivity contribution in [3.05, 3.63) is 46.8 Å². The summed E-state index contributed by atoms with van der Waals surface area (Å²) in [6, 6.07) is 12.4. The average molecular weight is 530 g/mol. The van der Waals surface area contributed by atoms with Gasteiger partial charge in [0.1, 0.15) is 6.10 Å². The lowest BCUT2D eigenvalue weighted by Crippen LogP contribution is -2.55. The number of amides is 2. The summed E-state index contributed by atoms with van der Waals surface area (Å²) in [7, 11) is 2.67. The molecule has 1 aromatic heterocycles. The number of ether oxygens (including phenoxy) is 3. The maximum Gasteiger partial charge on any atom is 0.406 e. The zero-order valence-corrected chi connectivity index (χ0v) is 22.3. The van der Waals surface area contributed by atoms with Gasteiger partial charge in [0.05, 0.1) is 20.3 Å². The largest absolute Gasteiger partial charge is 0.467 e. The van der Waals surface area contributed by atoms with Crippen LogP contribution in [0.5, 0.6) is 0 Å². The summed E-state index contributed by atoms with van der Waals surface area (Å²) in [6.07, 6.45) is 1.50. The molecule has 2 N–H and O–H groups in total. The van der Waals surface area contributed by atoms with E-state index in [0.29, 0.717) is 19.6 Å². The number of nitrogens with zero attached hydrogens (tertiary/aromatic N) is 1. The predicted molar refractivity (Wildman–Crippen MR) is 140 cm³/mol. The number of carbonyl (C=O) groups is 3. The molecule has 4 rings (SSSR count). The van der Waals surface area contributed by atoms with Crippen molar-refractivity contribution >= 4 is 29.3 Å². The minimum atomic E-state index is -0.791. The molecule has 2 aliphatic rings. The van der Waals surface area contributed by atoms with Gasteiger partial charge in [-0.15, -0.1) is 11.3 Å². The smallest absolute Gasteiger partial charge is 0.406 e. The van der Waals surface area contributed by atoms with Gasteiger partial charge in [-0.2, -0.15) is 0 Å². The number of nitrogens with one attached hydrogen (secondary N) is 2. The molecule has 0 bridgehead atoms. The monoisotopic (exact) mass is 529 g/mol. The molecule has 2 amide bonds. The second kappa shape index (κ2) is 12.5. The maximum absolute atomic E-state index is 13.7. The fourth-order valence-corrected chi connectivity index (χ4v) is 5.88. The predicted octanol–water partition coefficient (Wildman–Crippen LogP) is 3.29. The number of thiophene rings is 1. The molecule has 1 aromatic carbocycles. The Kier molecular flexibility index (Phi) is 9.18. The Morgan fingerprint density at radius 1 is 1.14 bits per heavy atom. The number of esters is 1. The molecule has 2 fully saturated rings. The van der Waals surface area contributed by atoms with Gasteiger partial charge in [0.25, 0.3) is 5.91 Å². The van der Waals surface area contributed by atoms with Crippen LogP contribution in [0, 0.1) is 0 Å². The van der Waals surface area contributed by atoms with Gasteiger partial charge < -0.3 is 29.7 Å². The number of carbonyl (C=O) groups excluding carboxylic acids is 3. The molecular formula is C27H35N3O6S. The zero-order valence-electron chi connectivity index (χ0n) is 21.5. The third-order valence-corrected chi connectivity index (χ3v) is 8.09. The molecule has 1 aliphatic heterocycles. The highest BCUT2D eigenvalue weighted by atomic mass is 32.1. The maximum atomic E-state index is 13.7. The highest BCUT2D eigenvalue weighted by molar-refractivity contribution is 7.15. The van der Waals surface area contributed by atoms with Crippen LogP contribution in [-0.2, 0) is 30.2 Å². The number of aryl methyl sites for hydroxylation is 1. The molecule has 2 heterocycles. The molecule has 10 heteroatoms. The van der Waals surface area contributed by atoms with E-state index in [0.717, 1.165) is 36.1 Å². The van der Waals surface area contributed by atoms with Gasteiger partial charge in [0.2, 0.25) is 0 Å². The van der Waals surface area contributed by atoms with E-state index in [-0.39, 0.29) is 18.0 Å². The van der Waals surface area contributed by atoms with Crippen LogP contribution in [-0.4, -0.2) is 75.0 Å². The summed E-state index contributed by atoms with van der Waals surface area (Å²) in [5, 5.41) is 5.88. The number of alkyl carbamates (subject to hydrolysis) is 1. The molecule has 1 aliphatic carbocycles. The summed E-state index contributed by atoms with van der Waals surface area (Å²) >= 11 is 1.70. The highest BCUT2D eigenvalue weighted by Gasteiger charge is 2.42. The number of methoxy groups -OCH3 is 2. The van der Waals surface area contributed by atoms with Crippen LogP contribution >= 0.6 is 11.3 Å². The minimum absolute atomic E-state index is 0.102. The van der Waals surface area contributed by atoms with Crippen LogP contribution in [0.25, 0.3) is 10.4 Å². The van der Waals surface area contributed by atoms with Gasteiger partial charge in [0.15, 0.2) is 6.10 Å². The van der Waals surface area contributed by atoms with Crippen molar-refractivity contribution in [2.24, 2.45) is 0 Å². The quantitative estimate of drug-likeness (QED) is 0.359. The Labute approximate surface area is 221 Å². The summed E-state index contributed by atoms with van der Waals surface area (Å²) in [4.78, 5) is 41.3. The molecule has 3 atom stereocenters. The Morgan fingerprint density at radius 3 is 2.54 bits per heavy atom. The molecule has 1 saturated carbocycles. The number of morpholine rings is 1. The van der Waals surface area contributed by atoms with Gasteiger partial charge in [0, 0.05) is 35.4 Å². The van der Waals surface area contributed by atoms with Crippen molar-refractivity contribution in [3.8, 4) is 10.4 Å². The second-order valence-corrected chi connectivity index (χ2v) is 10.4. The lowest BCUT2D eigenvalue weighted by Gasteiger charge is -2.35. The van der Waals surface area contributed by atoms with E-state index in [1.165, 1.54) is 24.7 Å². The number of hydrogen-bond donors (Lipinski definition) is 2. The van der Waals surface area contributed by atoms with E-state index in [1.54, 1.807) is 11.3 Å². The second-order valence-electron chi connectivity index (χ2n) is 9.34. The molecule has 37 heavy (non-hydrogen) atoms. The molecule has 9 nitrogen and oxygen atoms in total. The number of rotatable bonds is 10. The molecule has 1 saturated heterocycles. The van der Waals surface area contributed by atoms with Crippen molar-refractivity contribution in [2.75, 3.05) is 33.9 Å². The average Bonchev–Trinajstić information content (AvgIpc) is 3.68. The van der Waals surface area contributed by atoms with E-state index in [9.17, 15) is 14.4 Å². The molecule has 2 aromatic rings. The van der Waals surface area contributed by atoms with Crippen molar-refractivity contribution < 1.29 is 28.6 Å². The fraction of sp³-hybridized carbons (Fsp3) is 0.519. The Hall–Kier alpha value is -2.95. The molecule has 0 radical (unpaired) electrons. The Balaban J connectivity index is 1.54. The zero-order chi connectivity index (χ0) is 26.4. The van der Waals surface area contributed by atoms with Gasteiger partial charge in [-0.05, 0) is 49.8 Å². The first kappa shape index (κ1) is 27.1. The third kappa shape index (κ3) is 6.68. The van der Waals surface area contributed by atoms with Crippen LogP contribution in [0.15, 0.2) is 36.4 Å². The number of hydrogen-bond acceptors (Lipinski definition) is 8. The van der Waals surface area contributed by atoms with Crippen molar-refractivity contribution in [2.45, 2.75) is 56.9 Å². The first-order chi connectivity index (χ1) is 17.9. The van der Waals surface area contributed by atoms with Crippen LogP contribution in [0.2, 0.25) is 0 Å². The van der Waals surface area contributed by atoms with Crippen molar-refractivity contribution in [3.63, 3.8) is 0 Å². The normalized spacial score (nSPS) is 20.1. The van der Waals surface area contributed by atoms with Gasteiger partial charge in [-0.1, -0.05) is 30.3 Å². The standard InChI is InChI=1S/C27H35N3O6S/c1-17(30(20-11-12-20)25(31)21-15-28-16-22(36-21)26(32)34-2)23-14-19(10-7-13-29-27(33)35-3)24(37-23)18-8-5-4-6-9-18/h4-6,8-9,14,17,20-22,28H,7,10-13,15-16H2,1-3H3,(H,29,33)/t17-,21-,22+/m1/s1. The van der Waals surface area contributed by atoms with Crippen LogP contribution in [0.3, 0.4) is 0 Å². The van der Waals surface area contributed by atoms with Crippen LogP contribution in [0.1, 0.15) is 42.7 Å². The van der Waals surface area contributed by atoms with E-state index >= 15 is 0 Å².